The Hall–Kier alpha value is -1.13. The molecule has 0 radical (unpaired) electrons. The molecule has 1 aliphatic rings. The Morgan fingerprint density at radius 1 is 1.41 bits per heavy atom. The number of pyridine rings is 1. The molecule has 0 atom stereocenters. The van der Waals surface area contributed by atoms with Gasteiger partial charge in [0.05, 0.1) is 13.2 Å². The van der Waals surface area contributed by atoms with E-state index in [1.165, 1.54) is 0 Å². The second-order valence-corrected chi connectivity index (χ2v) is 4.44. The quantitative estimate of drug-likeness (QED) is 0.802. The number of aryl methyl sites for hydroxylation is 1. The molecule has 2 heterocycles. The summed E-state index contributed by atoms with van der Waals surface area (Å²) in [6.07, 6.45) is 3.92. The van der Waals surface area contributed by atoms with Gasteiger partial charge in [0.25, 0.3) is 5.56 Å². The second kappa shape index (κ2) is 5.02. The number of aromatic nitrogens is 1. The van der Waals surface area contributed by atoms with E-state index < -0.39 is 5.79 Å². The molecule has 94 valence electrons. The summed E-state index contributed by atoms with van der Waals surface area (Å²) in [6.45, 7) is 5.89. The van der Waals surface area contributed by atoms with Crippen LogP contribution in [0.15, 0.2) is 23.1 Å². The standard InChI is InChI=1S/C13H19NO3/c1-3-4-6-14-7-5-11(10-12(14)15)13(2)16-8-9-17-13/h5,7,10H,3-4,6,8-9H2,1-2H3. The third kappa shape index (κ3) is 2.58. The zero-order valence-electron chi connectivity index (χ0n) is 10.4. The van der Waals surface area contributed by atoms with E-state index >= 15 is 0 Å². The average Bonchev–Trinajstić information content (AvgIpc) is 2.76. The van der Waals surface area contributed by atoms with Crippen molar-refractivity contribution < 1.29 is 9.47 Å². The van der Waals surface area contributed by atoms with Crippen molar-refractivity contribution in [3.63, 3.8) is 0 Å². The van der Waals surface area contributed by atoms with E-state index in [9.17, 15) is 4.79 Å². The van der Waals surface area contributed by atoms with Gasteiger partial charge in [0, 0.05) is 24.4 Å². The SMILES string of the molecule is CCCCn1ccc(C2(C)OCCO2)cc1=O. The summed E-state index contributed by atoms with van der Waals surface area (Å²) in [6, 6.07) is 3.52. The Labute approximate surface area is 101 Å². The molecule has 1 aromatic rings. The van der Waals surface area contributed by atoms with Crippen molar-refractivity contribution in [1.29, 1.82) is 0 Å². The zero-order chi connectivity index (χ0) is 12.3. The molecule has 0 N–H and O–H groups in total. The Kier molecular flexibility index (Phi) is 3.64. The van der Waals surface area contributed by atoms with Crippen LogP contribution in [0.3, 0.4) is 0 Å². The first-order chi connectivity index (χ1) is 8.15. The number of nitrogens with zero attached hydrogens (tertiary/aromatic N) is 1. The number of rotatable bonds is 4. The van der Waals surface area contributed by atoms with Gasteiger partial charge in [0.15, 0.2) is 5.79 Å². The van der Waals surface area contributed by atoms with Gasteiger partial charge in [-0.15, -0.1) is 0 Å². The average molecular weight is 237 g/mol. The molecular weight excluding hydrogens is 218 g/mol. The van der Waals surface area contributed by atoms with Gasteiger partial charge in [-0.2, -0.15) is 0 Å². The normalized spacial score (nSPS) is 18.5. The highest BCUT2D eigenvalue weighted by Gasteiger charge is 2.33. The van der Waals surface area contributed by atoms with Gasteiger partial charge >= 0.3 is 0 Å². The molecule has 1 saturated heterocycles. The number of hydrogen-bond acceptors (Lipinski definition) is 3. The van der Waals surface area contributed by atoms with E-state index in [1.807, 2.05) is 19.2 Å². The highest BCUT2D eigenvalue weighted by atomic mass is 16.7. The van der Waals surface area contributed by atoms with Gasteiger partial charge in [-0.1, -0.05) is 13.3 Å². The van der Waals surface area contributed by atoms with Gasteiger partial charge < -0.3 is 14.0 Å². The Balaban J connectivity index is 2.21. The van der Waals surface area contributed by atoms with E-state index in [0.717, 1.165) is 24.9 Å². The van der Waals surface area contributed by atoms with Crippen LogP contribution >= 0.6 is 0 Å². The van der Waals surface area contributed by atoms with Gasteiger partial charge in [-0.25, -0.2) is 0 Å². The predicted octanol–water partition coefficient (Wildman–Crippen LogP) is 1.87. The van der Waals surface area contributed by atoms with Gasteiger partial charge in [-0.05, 0) is 19.4 Å². The molecule has 0 aromatic carbocycles. The molecule has 0 aliphatic carbocycles. The largest absolute Gasteiger partial charge is 0.344 e. The van der Waals surface area contributed by atoms with Crippen molar-refractivity contribution in [1.82, 2.24) is 4.57 Å². The van der Waals surface area contributed by atoms with E-state index in [4.69, 9.17) is 9.47 Å². The fourth-order valence-corrected chi connectivity index (χ4v) is 1.98. The number of unbranched alkanes of at least 4 members (excludes halogenated alkanes) is 1. The first-order valence-corrected chi connectivity index (χ1v) is 6.14. The maximum atomic E-state index is 11.9. The Morgan fingerprint density at radius 2 is 2.12 bits per heavy atom. The van der Waals surface area contributed by atoms with Crippen LogP contribution in [0.2, 0.25) is 0 Å². The Bertz CT molecular complexity index is 433. The van der Waals surface area contributed by atoms with Crippen molar-refractivity contribution >= 4 is 0 Å². The van der Waals surface area contributed by atoms with Crippen molar-refractivity contribution in [3.8, 4) is 0 Å². The number of ether oxygens (including phenoxy) is 2. The number of hydrogen-bond donors (Lipinski definition) is 0. The molecule has 1 aromatic heterocycles. The van der Waals surface area contributed by atoms with Crippen LogP contribution < -0.4 is 5.56 Å². The predicted molar refractivity (Wildman–Crippen MR) is 64.9 cm³/mol. The van der Waals surface area contributed by atoms with Gasteiger partial charge in [0.1, 0.15) is 0 Å². The van der Waals surface area contributed by atoms with Crippen molar-refractivity contribution in [2.45, 2.75) is 39.0 Å². The first-order valence-electron chi connectivity index (χ1n) is 6.14. The second-order valence-electron chi connectivity index (χ2n) is 4.44. The minimum Gasteiger partial charge on any atom is -0.344 e. The third-order valence-electron chi connectivity index (χ3n) is 3.11. The summed E-state index contributed by atoms with van der Waals surface area (Å²) in [7, 11) is 0. The summed E-state index contributed by atoms with van der Waals surface area (Å²) >= 11 is 0. The van der Waals surface area contributed by atoms with Crippen LogP contribution in [0, 0.1) is 0 Å². The molecule has 4 nitrogen and oxygen atoms in total. The van der Waals surface area contributed by atoms with Crippen LogP contribution in [-0.2, 0) is 21.8 Å². The highest BCUT2D eigenvalue weighted by Crippen LogP contribution is 2.29. The Morgan fingerprint density at radius 3 is 2.71 bits per heavy atom. The van der Waals surface area contributed by atoms with Gasteiger partial charge in [-0.3, -0.25) is 4.79 Å². The minimum absolute atomic E-state index is 0.0104. The molecule has 2 rings (SSSR count). The van der Waals surface area contributed by atoms with E-state index in [-0.39, 0.29) is 5.56 Å². The lowest BCUT2D eigenvalue weighted by molar-refractivity contribution is -0.149. The molecule has 1 fully saturated rings. The molecule has 4 heteroatoms. The molecule has 17 heavy (non-hydrogen) atoms. The van der Waals surface area contributed by atoms with E-state index in [2.05, 4.69) is 6.92 Å². The van der Waals surface area contributed by atoms with Crippen LogP contribution in [0.4, 0.5) is 0 Å². The molecule has 0 unspecified atom stereocenters. The summed E-state index contributed by atoms with van der Waals surface area (Å²) in [4.78, 5) is 11.9. The van der Waals surface area contributed by atoms with Crippen molar-refractivity contribution in [2.75, 3.05) is 13.2 Å². The van der Waals surface area contributed by atoms with Crippen molar-refractivity contribution in [3.05, 3.63) is 34.2 Å². The third-order valence-corrected chi connectivity index (χ3v) is 3.11. The molecule has 0 amide bonds. The minimum atomic E-state index is -0.747. The smallest absolute Gasteiger partial charge is 0.250 e. The molecular formula is C13H19NO3. The fourth-order valence-electron chi connectivity index (χ4n) is 1.98. The van der Waals surface area contributed by atoms with Crippen LogP contribution in [0.25, 0.3) is 0 Å². The van der Waals surface area contributed by atoms with Crippen LogP contribution in [0.5, 0.6) is 0 Å². The van der Waals surface area contributed by atoms with Crippen LogP contribution in [0.1, 0.15) is 32.3 Å². The summed E-state index contributed by atoms with van der Waals surface area (Å²) in [5, 5.41) is 0. The molecule has 0 bridgehead atoms. The zero-order valence-corrected chi connectivity index (χ0v) is 10.4. The topological polar surface area (TPSA) is 40.5 Å². The monoisotopic (exact) mass is 237 g/mol. The van der Waals surface area contributed by atoms with Crippen LogP contribution in [-0.4, -0.2) is 17.8 Å². The summed E-state index contributed by atoms with van der Waals surface area (Å²) in [5.74, 6) is -0.747. The highest BCUT2D eigenvalue weighted by molar-refractivity contribution is 5.17. The van der Waals surface area contributed by atoms with E-state index in [0.29, 0.717) is 13.2 Å². The first kappa shape index (κ1) is 12.3. The van der Waals surface area contributed by atoms with Gasteiger partial charge in [0.2, 0.25) is 0 Å². The maximum Gasteiger partial charge on any atom is 0.250 e. The molecule has 0 spiro atoms. The lowest BCUT2D eigenvalue weighted by Crippen LogP contribution is -2.27. The molecule has 0 saturated carbocycles. The molecule has 1 aliphatic heterocycles. The lowest BCUT2D eigenvalue weighted by atomic mass is 10.1. The fraction of sp³-hybridized carbons (Fsp3) is 0.615. The maximum absolute atomic E-state index is 11.9. The van der Waals surface area contributed by atoms with Crippen molar-refractivity contribution in [2.24, 2.45) is 0 Å². The lowest BCUT2D eigenvalue weighted by Gasteiger charge is -2.22. The summed E-state index contributed by atoms with van der Waals surface area (Å²) < 4.78 is 12.8. The van der Waals surface area contributed by atoms with E-state index in [1.54, 1.807) is 10.6 Å². The summed E-state index contributed by atoms with van der Waals surface area (Å²) in [5.41, 5.74) is 0.809.